The number of fused-ring (bicyclic) bond motifs is 2. The van der Waals surface area contributed by atoms with E-state index in [0.717, 1.165) is 110 Å². The van der Waals surface area contributed by atoms with Crippen LogP contribution in [-0.2, 0) is 31.9 Å². The average molecular weight is 1160 g/mol. The van der Waals surface area contributed by atoms with Crippen molar-refractivity contribution in [1.82, 2.24) is 40.4 Å². The van der Waals surface area contributed by atoms with Crippen LogP contribution >= 0.6 is 23.2 Å². The second-order valence-electron chi connectivity index (χ2n) is 21.3. The molecule has 20 heteroatoms. The maximum absolute atomic E-state index is 13.7. The molecule has 2 fully saturated rings. The number of benzene rings is 4. The molecule has 6 N–H and O–H groups in total. The molecule has 4 atom stereocenters. The molecule has 10 rings (SSSR count). The van der Waals surface area contributed by atoms with Crippen molar-refractivity contribution >= 4 is 46.8 Å². The van der Waals surface area contributed by atoms with Gasteiger partial charge in [-0.05, 0) is 136 Å². The summed E-state index contributed by atoms with van der Waals surface area (Å²) in [6.45, 7) is 7.45. The Hall–Kier alpha value is -7.06. The van der Waals surface area contributed by atoms with Crippen molar-refractivity contribution in [2.45, 2.75) is 89.4 Å². The third-order valence-electron chi connectivity index (χ3n) is 15.8. The van der Waals surface area contributed by atoms with Crippen LogP contribution in [0.25, 0.3) is 22.5 Å². The van der Waals surface area contributed by atoms with Crippen LogP contribution in [0.2, 0.25) is 10.0 Å². The van der Waals surface area contributed by atoms with Crippen molar-refractivity contribution in [3.8, 4) is 34.0 Å². The van der Waals surface area contributed by atoms with Crippen molar-refractivity contribution in [3.63, 3.8) is 0 Å². The Morgan fingerprint density at radius 2 is 1.02 bits per heavy atom. The number of nitrogens with one attached hydrogen (secondary N) is 2. The van der Waals surface area contributed by atoms with E-state index in [4.69, 9.17) is 63.6 Å². The number of carbonyl (C=O) groups excluding carboxylic acids is 4. The minimum atomic E-state index is -0.292. The van der Waals surface area contributed by atoms with Gasteiger partial charge in [0.25, 0.3) is 11.8 Å². The van der Waals surface area contributed by atoms with Crippen LogP contribution in [0.5, 0.6) is 11.5 Å². The highest BCUT2D eigenvalue weighted by molar-refractivity contribution is 6.33. The summed E-state index contributed by atoms with van der Waals surface area (Å²) < 4.78 is 21.5. The van der Waals surface area contributed by atoms with Crippen molar-refractivity contribution in [1.29, 1.82) is 0 Å². The summed E-state index contributed by atoms with van der Waals surface area (Å²) in [6.07, 6.45) is 9.80. The lowest BCUT2D eigenvalue weighted by molar-refractivity contribution is -0.123. The molecular formula is C62H72Cl2N10O8. The number of hydrogen-bond acceptors (Lipinski definition) is 14. The fourth-order valence-electron chi connectivity index (χ4n) is 11.3. The first-order valence-corrected chi connectivity index (χ1v) is 28.9. The van der Waals surface area contributed by atoms with E-state index in [2.05, 4.69) is 20.6 Å². The molecule has 2 aromatic heterocycles. The number of nitrogens with two attached hydrogens (primary N) is 2. The van der Waals surface area contributed by atoms with Crippen LogP contribution in [0.4, 0.5) is 0 Å². The molecule has 6 heterocycles. The highest BCUT2D eigenvalue weighted by Gasteiger charge is 2.39. The summed E-state index contributed by atoms with van der Waals surface area (Å²) in [5.74, 6) is 2.92. The first kappa shape index (κ1) is 59.6. The predicted molar refractivity (Wildman–Crippen MR) is 313 cm³/mol. The molecule has 0 aliphatic carbocycles. The van der Waals surface area contributed by atoms with E-state index in [9.17, 15) is 19.2 Å². The van der Waals surface area contributed by atoms with E-state index in [1.54, 1.807) is 36.4 Å². The van der Waals surface area contributed by atoms with Crippen molar-refractivity contribution in [2.24, 2.45) is 23.3 Å². The fourth-order valence-corrected chi connectivity index (χ4v) is 11.7. The van der Waals surface area contributed by atoms with Gasteiger partial charge in [-0.2, -0.15) is 0 Å². The SMILES string of the molecule is COc1cccc([C@@H](C)NC(=O)CN2C(=O)c3cc(-c4nc(CC5CCOCC5)ncc4Cl)ccc3[C@@H]2CCN)c1.COc1cccc([C@@H](C)NC(=O)CN2C(=O)c3cc(-c4nc(CC5CCOCC5)ncc4Cl)ccc3[C@H]2CCN)c1. The molecule has 0 spiro atoms. The number of rotatable bonds is 20. The third kappa shape index (κ3) is 14.2. The summed E-state index contributed by atoms with van der Waals surface area (Å²) in [7, 11) is 3.21. The molecule has 4 amide bonds. The zero-order valence-corrected chi connectivity index (χ0v) is 48.4. The Labute approximate surface area is 489 Å². The highest BCUT2D eigenvalue weighted by atomic mass is 35.5. The molecule has 0 radical (unpaired) electrons. The van der Waals surface area contributed by atoms with Gasteiger partial charge in [0.2, 0.25) is 11.8 Å². The number of methoxy groups -OCH3 is 2. The standard InChI is InChI=1S/2C31H36ClN5O4/c2*1-19(21-4-3-5-23(15-21)40-2)35-29(38)18-37-27(8-11-33)24-7-6-22(16-25(24)31(37)39)30-26(32)17-34-28(36-30)14-20-9-12-41-13-10-20/h2*3-7,15-17,19-20,27H,8-14,18,33H2,1-2H3,(H,35,38)/t19-,27+;19-,27-/m11/s1. The smallest absolute Gasteiger partial charge is 0.255 e. The molecule has 6 aromatic rings. The molecular weight excluding hydrogens is 1080 g/mol. The minimum Gasteiger partial charge on any atom is -0.497 e. The number of nitrogens with zero attached hydrogens (tertiary/aromatic N) is 6. The Morgan fingerprint density at radius 3 is 1.40 bits per heavy atom. The van der Waals surface area contributed by atoms with E-state index in [1.807, 2.05) is 98.8 Å². The first-order chi connectivity index (χ1) is 39.7. The monoisotopic (exact) mass is 1150 g/mol. The number of hydrogen-bond donors (Lipinski definition) is 4. The van der Waals surface area contributed by atoms with Crippen LogP contribution in [0.1, 0.15) is 131 Å². The maximum Gasteiger partial charge on any atom is 0.255 e. The molecule has 432 valence electrons. The topological polar surface area (TPSA) is 239 Å². The van der Waals surface area contributed by atoms with E-state index in [0.29, 0.717) is 81.8 Å². The zero-order valence-electron chi connectivity index (χ0n) is 46.9. The largest absolute Gasteiger partial charge is 0.497 e. The van der Waals surface area contributed by atoms with Crippen LogP contribution in [0.15, 0.2) is 97.3 Å². The molecule has 0 bridgehead atoms. The molecule has 0 unspecified atom stereocenters. The van der Waals surface area contributed by atoms with Gasteiger partial charge in [0.15, 0.2) is 0 Å². The van der Waals surface area contributed by atoms with Crippen molar-refractivity contribution < 1.29 is 38.1 Å². The molecule has 4 aromatic carbocycles. The van der Waals surface area contributed by atoms with Gasteiger partial charge < -0.3 is 50.8 Å². The molecule has 82 heavy (non-hydrogen) atoms. The number of ether oxygens (including phenoxy) is 4. The summed E-state index contributed by atoms with van der Waals surface area (Å²) in [5, 5.41) is 6.86. The second-order valence-corrected chi connectivity index (χ2v) is 22.1. The lowest BCUT2D eigenvalue weighted by atomic mass is 9.96. The number of halogens is 2. The van der Waals surface area contributed by atoms with E-state index >= 15 is 0 Å². The van der Waals surface area contributed by atoms with Crippen molar-refractivity contribution in [2.75, 3.05) is 66.8 Å². The summed E-state index contributed by atoms with van der Waals surface area (Å²) >= 11 is 13.1. The average Bonchev–Trinajstić information content (AvgIpc) is 4.07. The zero-order chi connectivity index (χ0) is 57.9. The molecule has 2 saturated heterocycles. The highest BCUT2D eigenvalue weighted by Crippen LogP contribution is 2.41. The number of amides is 4. The van der Waals surface area contributed by atoms with Gasteiger partial charge in [0.05, 0.1) is 59.8 Å². The van der Waals surface area contributed by atoms with E-state index in [-0.39, 0.29) is 60.9 Å². The van der Waals surface area contributed by atoms with Gasteiger partial charge in [-0.1, -0.05) is 71.7 Å². The van der Waals surface area contributed by atoms with Gasteiger partial charge in [0.1, 0.15) is 36.2 Å². The third-order valence-corrected chi connectivity index (χ3v) is 16.3. The fraction of sp³-hybridized carbons (Fsp3) is 0.419. The minimum absolute atomic E-state index is 0.0780. The lowest BCUT2D eigenvalue weighted by Crippen LogP contribution is -2.40. The number of aromatic nitrogens is 4. The Kier molecular flexibility index (Phi) is 20.2. The van der Waals surface area contributed by atoms with E-state index in [1.165, 1.54) is 0 Å². The summed E-state index contributed by atoms with van der Waals surface area (Å²) in [5.41, 5.74) is 19.1. The predicted octanol–water partition coefficient (Wildman–Crippen LogP) is 9.00. The number of carbonyl (C=O) groups is 4. The van der Waals surface area contributed by atoms with Gasteiger partial charge in [-0.25, -0.2) is 19.9 Å². The quantitative estimate of drug-likeness (QED) is 0.0558. The van der Waals surface area contributed by atoms with Gasteiger partial charge in [-0.15, -0.1) is 0 Å². The first-order valence-electron chi connectivity index (χ1n) is 28.1. The molecule has 18 nitrogen and oxygen atoms in total. The lowest BCUT2D eigenvalue weighted by Gasteiger charge is -2.25. The van der Waals surface area contributed by atoms with Gasteiger partial charge in [-0.3, -0.25) is 19.2 Å². The second kappa shape index (κ2) is 27.8. The van der Waals surface area contributed by atoms with E-state index < -0.39 is 0 Å². The maximum atomic E-state index is 13.7. The van der Waals surface area contributed by atoms with Crippen LogP contribution in [-0.4, -0.2) is 120 Å². The van der Waals surface area contributed by atoms with Gasteiger partial charge in [0, 0.05) is 73.9 Å². The molecule has 4 aliphatic rings. The Balaban J connectivity index is 0.000000198. The normalized spacial score (nSPS) is 17.8. The van der Waals surface area contributed by atoms with Crippen LogP contribution in [0, 0.1) is 11.8 Å². The summed E-state index contributed by atoms with van der Waals surface area (Å²) in [4.78, 5) is 75.2. The molecule has 0 saturated carbocycles. The summed E-state index contributed by atoms with van der Waals surface area (Å²) in [6, 6.07) is 25.3. The van der Waals surface area contributed by atoms with Crippen molar-refractivity contribution in [3.05, 3.63) is 152 Å². The van der Waals surface area contributed by atoms with Crippen LogP contribution in [0.3, 0.4) is 0 Å². The van der Waals surface area contributed by atoms with Gasteiger partial charge >= 0.3 is 0 Å². The molecule has 4 aliphatic heterocycles. The van der Waals surface area contributed by atoms with Crippen LogP contribution < -0.4 is 31.6 Å². The Morgan fingerprint density at radius 1 is 0.622 bits per heavy atom. The Bertz CT molecular complexity index is 3030.